The van der Waals surface area contributed by atoms with Crippen molar-refractivity contribution in [3.63, 3.8) is 0 Å². The topological polar surface area (TPSA) is 114 Å². The van der Waals surface area contributed by atoms with E-state index in [1.807, 2.05) is 27.7 Å². The van der Waals surface area contributed by atoms with Crippen LogP contribution in [0.2, 0.25) is 0 Å². The SMILES string of the molecule is CCCCCCCCCCCCCCCCC(CC)C(=O)NC(CC)C(CC(=O)O)NC(=O)C1OC(C)(C)OCC1(C)C. The molecule has 2 amide bonds. The zero-order chi connectivity index (χ0) is 32.3. The molecule has 8 nitrogen and oxygen atoms in total. The van der Waals surface area contributed by atoms with Gasteiger partial charge in [0, 0.05) is 17.4 Å². The van der Waals surface area contributed by atoms with Crippen LogP contribution in [-0.2, 0) is 23.9 Å². The van der Waals surface area contributed by atoms with E-state index in [1.54, 1.807) is 13.8 Å². The van der Waals surface area contributed by atoms with Crippen LogP contribution >= 0.6 is 0 Å². The second-order valence-corrected chi connectivity index (χ2v) is 13.9. The normalized spacial score (nSPS) is 19.7. The number of carbonyl (C=O) groups is 3. The molecule has 1 aliphatic rings. The van der Waals surface area contributed by atoms with Gasteiger partial charge in [-0.3, -0.25) is 14.4 Å². The maximum Gasteiger partial charge on any atom is 0.305 e. The summed E-state index contributed by atoms with van der Waals surface area (Å²) in [5.41, 5.74) is -0.584. The molecule has 0 aromatic rings. The lowest BCUT2D eigenvalue weighted by atomic mass is 9.85. The lowest BCUT2D eigenvalue weighted by Crippen LogP contribution is -2.60. The predicted molar refractivity (Wildman–Crippen MR) is 174 cm³/mol. The van der Waals surface area contributed by atoms with Gasteiger partial charge in [-0.15, -0.1) is 0 Å². The third kappa shape index (κ3) is 16.3. The quantitative estimate of drug-likeness (QED) is 0.0957. The summed E-state index contributed by atoms with van der Waals surface area (Å²) in [5, 5.41) is 15.6. The van der Waals surface area contributed by atoms with Crippen molar-refractivity contribution in [3.05, 3.63) is 0 Å². The van der Waals surface area contributed by atoms with Crippen LogP contribution in [0.5, 0.6) is 0 Å². The molecule has 43 heavy (non-hydrogen) atoms. The highest BCUT2D eigenvalue weighted by Gasteiger charge is 2.46. The Kier molecular flexibility index (Phi) is 19.3. The standard InChI is InChI=1S/C35H66N2O6/c1-8-11-12-13-14-15-16-17-18-19-20-21-22-23-24-27(9-2)32(40)36-28(10-3)29(25-30(38)39)37-33(41)31-34(4,5)26-42-35(6,7)43-31/h27-29,31H,8-26H2,1-7H3,(H,36,40)(H,37,41)(H,38,39). The first-order valence-electron chi connectivity index (χ1n) is 17.5. The molecule has 0 radical (unpaired) electrons. The number of nitrogens with one attached hydrogen (secondary N) is 2. The summed E-state index contributed by atoms with van der Waals surface area (Å²) < 4.78 is 11.7. The summed E-state index contributed by atoms with van der Waals surface area (Å²) in [5.74, 6) is -2.50. The molecule has 0 saturated carbocycles. The molecule has 0 spiro atoms. The fourth-order valence-electron chi connectivity index (χ4n) is 5.96. The molecule has 3 N–H and O–H groups in total. The summed E-state index contributed by atoms with van der Waals surface area (Å²) in [7, 11) is 0. The van der Waals surface area contributed by atoms with Crippen molar-refractivity contribution in [1.82, 2.24) is 10.6 Å². The van der Waals surface area contributed by atoms with E-state index < -0.39 is 35.4 Å². The van der Waals surface area contributed by atoms with Gasteiger partial charge in [0.05, 0.1) is 19.1 Å². The van der Waals surface area contributed by atoms with Gasteiger partial charge in [-0.05, 0) is 33.1 Å². The second kappa shape index (κ2) is 21.1. The van der Waals surface area contributed by atoms with Gasteiger partial charge < -0.3 is 25.2 Å². The Bertz CT molecular complexity index is 799. The van der Waals surface area contributed by atoms with Crippen LogP contribution < -0.4 is 10.6 Å². The molecule has 0 bridgehead atoms. The highest BCUT2D eigenvalue weighted by Crippen LogP contribution is 2.35. The highest BCUT2D eigenvalue weighted by atomic mass is 16.7. The minimum atomic E-state index is -1.03. The fraction of sp³-hybridized carbons (Fsp3) is 0.914. The van der Waals surface area contributed by atoms with Crippen molar-refractivity contribution in [2.24, 2.45) is 11.3 Å². The van der Waals surface area contributed by atoms with E-state index in [0.29, 0.717) is 13.0 Å². The molecule has 1 fully saturated rings. The average Bonchev–Trinajstić information content (AvgIpc) is 2.94. The van der Waals surface area contributed by atoms with E-state index in [9.17, 15) is 19.5 Å². The van der Waals surface area contributed by atoms with Crippen molar-refractivity contribution >= 4 is 17.8 Å². The summed E-state index contributed by atoms with van der Waals surface area (Å²) in [6.07, 6.45) is 19.2. The van der Waals surface area contributed by atoms with Crippen molar-refractivity contribution < 1.29 is 29.0 Å². The number of amides is 2. The van der Waals surface area contributed by atoms with Gasteiger partial charge in [-0.1, -0.05) is 125 Å². The zero-order valence-corrected chi connectivity index (χ0v) is 28.7. The van der Waals surface area contributed by atoms with Gasteiger partial charge in [-0.2, -0.15) is 0 Å². The van der Waals surface area contributed by atoms with Crippen molar-refractivity contribution in [1.29, 1.82) is 0 Å². The molecular formula is C35H66N2O6. The lowest BCUT2D eigenvalue weighted by molar-refractivity contribution is -0.304. The monoisotopic (exact) mass is 610 g/mol. The molecule has 4 unspecified atom stereocenters. The van der Waals surface area contributed by atoms with Crippen LogP contribution in [0.15, 0.2) is 0 Å². The first-order chi connectivity index (χ1) is 20.4. The van der Waals surface area contributed by atoms with Crippen LogP contribution in [0, 0.1) is 11.3 Å². The number of aliphatic carboxylic acids is 1. The Morgan fingerprint density at radius 3 is 1.72 bits per heavy atom. The third-order valence-corrected chi connectivity index (χ3v) is 8.89. The van der Waals surface area contributed by atoms with E-state index in [2.05, 4.69) is 17.6 Å². The summed E-state index contributed by atoms with van der Waals surface area (Å²) in [6.45, 7) is 13.8. The Balaban J connectivity index is 2.48. The highest BCUT2D eigenvalue weighted by molar-refractivity contribution is 5.83. The maximum absolute atomic E-state index is 13.4. The minimum absolute atomic E-state index is 0.0579. The largest absolute Gasteiger partial charge is 0.481 e. The Morgan fingerprint density at radius 2 is 1.26 bits per heavy atom. The molecule has 1 rings (SSSR count). The fourth-order valence-corrected chi connectivity index (χ4v) is 5.96. The number of carboxylic acids is 1. The summed E-state index contributed by atoms with van der Waals surface area (Å²) in [4.78, 5) is 38.4. The Hall–Kier alpha value is -1.67. The number of rotatable bonds is 24. The average molecular weight is 611 g/mol. The number of hydrogen-bond acceptors (Lipinski definition) is 5. The molecule has 4 atom stereocenters. The summed E-state index contributed by atoms with van der Waals surface area (Å²) in [6, 6.07) is -1.24. The van der Waals surface area contributed by atoms with E-state index >= 15 is 0 Å². The van der Waals surface area contributed by atoms with Crippen LogP contribution in [0.4, 0.5) is 0 Å². The molecule has 0 aromatic heterocycles. The van der Waals surface area contributed by atoms with E-state index in [0.717, 1.165) is 25.7 Å². The van der Waals surface area contributed by atoms with Gasteiger partial charge >= 0.3 is 5.97 Å². The maximum atomic E-state index is 13.4. The molecule has 1 aliphatic heterocycles. The third-order valence-electron chi connectivity index (χ3n) is 8.89. The molecule has 0 aliphatic carbocycles. The van der Waals surface area contributed by atoms with Crippen molar-refractivity contribution in [3.8, 4) is 0 Å². The van der Waals surface area contributed by atoms with E-state index in [1.165, 1.54) is 77.0 Å². The van der Waals surface area contributed by atoms with E-state index in [4.69, 9.17) is 9.47 Å². The second-order valence-electron chi connectivity index (χ2n) is 13.9. The number of ether oxygens (including phenoxy) is 2. The Morgan fingerprint density at radius 1 is 0.744 bits per heavy atom. The van der Waals surface area contributed by atoms with E-state index in [-0.39, 0.29) is 24.2 Å². The van der Waals surface area contributed by atoms with Crippen LogP contribution in [0.25, 0.3) is 0 Å². The van der Waals surface area contributed by atoms with Crippen LogP contribution in [-0.4, -0.2) is 53.5 Å². The number of unbranched alkanes of at least 4 members (excludes halogenated alkanes) is 13. The van der Waals surface area contributed by atoms with Crippen molar-refractivity contribution in [2.75, 3.05) is 6.61 Å². The first kappa shape index (κ1) is 39.4. The van der Waals surface area contributed by atoms with Gasteiger partial charge in [0.25, 0.3) is 0 Å². The molecule has 1 heterocycles. The van der Waals surface area contributed by atoms with Gasteiger partial charge in [0.2, 0.25) is 11.8 Å². The van der Waals surface area contributed by atoms with Gasteiger partial charge in [0.1, 0.15) is 6.10 Å². The smallest absolute Gasteiger partial charge is 0.305 e. The molecule has 8 heteroatoms. The number of carbonyl (C=O) groups excluding carboxylic acids is 2. The molecule has 252 valence electrons. The molecular weight excluding hydrogens is 544 g/mol. The summed E-state index contributed by atoms with van der Waals surface area (Å²) >= 11 is 0. The van der Waals surface area contributed by atoms with Gasteiger partial charge in [0.15, 0.2) is 5.79 Å². The van der Waals surface area contributed by atoms with Crippen LogP contribution in [0.1, 0.15) is 164 Å². The Labute approximate surface area is 263 Å². The number of hydrogen-bond donors (Lipinski definition) is 3. The molecule has 1 saturated heterocycles. The first-order valence-corrected chi connectivity index (χ1v) is 17.5. The predicted octanol–water partition coefficient (Wildman–Crippen LogP) is 7.92. The molecule has 0 aromatic carbocycles. The van der Waals surface area contributed by atoms with Gasteiger partial charge in [-0.25, -0.2) is 0 Å². The number of carboxylic acid groups (broad SMARTS) is 1. The zero-order valence-electron chi connectivity index (χ0n) is 28.7. The minimum Gasteiger partial charge on any atom is -0.481 e. The van der Waals surface area contributed by atoms with Crippen LogP contribution in [0.3, 0.4) is 0 Å². The lowest BCUT2D eigenvalue weighted by Gasteiger charge is -2.45. The van der Waals surface area contributed by atoms with Crippen molar-refractivity contribution in [2.45, 2.75) is 188 Å².